The molecule has 1 rings (SSSR count). The zero-order valence-electron chi connectivity index (χ0n) is 8.96. The van der Waals surface area contributed by atoms with E-state index in [1.807, 2.05) is 0 Å². The second-order valence-electron chi connectivity index (χ2n) is 3.03. The van der Waals surface area contributed by atoms with Crippen LogP contribution >= 0.6 is 11.6 Å². The van der Waals surface area contributed by atoms with Crippen molar-refractivity contribution in [2.75, 3.05) is 14.2 Å². The lowest BCUT2D eigenvalue weighted by atomic mass is 10.1. The number of halogens is 3. The molecule has 0 aliphatic heterocycles. The highest BCUT2D eigenvalue weighted by Gasteiger charge is 2.27. The van der Waals surface area contributed by atoms with E-state index in [0.29, 0.717) is 0 Å². The smallest absolute Gasteiger partial charge is 0.339 e. The van der Waals surface area contributed by atoms with Gasteiger partial charge in [0.15, 0.2) is 17.7 Å². The lowest BCUT2D eigenvalue weighted by Crippen LogP contribution is -2.15. The van der Waals surface area contributed by atoms with Gasteiger partial charge in [-0.05, 0) is 6.07 Å². The summed E-state index contributed by atoms with van der Waals surface area (Å²) in [4.78, 5) is 11.1. The molecule has 1 aromatic carbocycles. The molecule has 1 atom stereocenters. The number of benzene rings is 1. The summed E-state index contributed by atoms with van der Waals surface area (Å²) >= 11 is 5.41. The van der Waals surface area contributed by atoms with Gasteiger partial charge >= 0.3 is 5.97 Å². The predicted octanol–water partition coefficient (Wildman–Crippen LogP) is 1.83. The van der Waals surface area contributed by atoms with Gasteiger partial charge in [0.05, 0.1) is 19.2 Å². The molecule has 1 unspecified atom stereocenters. The fourth-order valence-corrected chi connectivity index (χ4v) is 1.45. The van der Waals surface area contributed by atoms with Crippen molar-refractivity contribution in [2.24, 2.45) is 0 Å². The Morgan fingerprint density at radius 3 is 2.47 bits per heavy atom. The Bertz CT molecular complexity index is 450. The van der Waals surface area contributed by atoms with Gasteiger partial charge in [-0.2, -0.15) is 4.39 Å². The molecule has 0 spiro atoms. The van der Waals surface area contributed by atoms with Gasteiger partial charge in [-0.15, -0.1) is 0 Å². The van der Waals surface area contributed by atoms with Crippen LogP contribution in [-0.2, 0) is 9.53 Å². The van der Waals surface area contributed by atoms with Gasteiger partial charge in [-0.3, -0.25) is 0 Å². The maximum absolute atomic E-state index is 13.4. The van der Waals surface area contributed by atoms with Crippen molar-refractivity contribution in [1.29, 1.82) is 0 Å². The number of hydrogen-bond donors (Lipinski definition) is 1. The zero-order valence-corrected chi connectivity index (χ0v) is 9.72. The van der Waals surface area contributed by atoms with Crippen LogP contribution in [-0.4, -0.2) is 25.3 Å². The molecule has 17 heavy (non-hydrogen) atoms. The molecule has 0 aromatic heterocycles. The van der Waals surface area contributed by atoms with Gasteiger partial charge in [0.25, 0.3) is 0 Å². The van der Waals surface area contributed by atoms with Crippen LogP contribution in [0.4, 0.5) is 8.78 Å². The van der Waals surface area contributed by atoms with Crippen molar-refractivity contribution in [3.8, 4) is 5.75 Å². The molecule has 0 amide bonds. The summed E-state index contributed by atoms with van der Waals surface area (Å²) in [7, 11) is 2.11. The van der Waals surface area contributed by atoms with E-state index in [1.54, 1.807) is 0 Å². The molecule has 1 aromatic rings. The highest BCUT2D eigenvalue weighted by atomic mass is 35.5. The molecule has 0 aliphatic carbocycles. The lowest BCUT2D eigenvalue weighted by molar-refractivity contribution is -0.150. The third-order valence-electron chi connectivity index (χ3n) is 2.07. The van der Waals surface area contributed by atoms with Gasteiger partial charge < -0.3 is 14.6 Å². The number of ether oxygens (including phenoxy) is 2. The average Bonchev–Trinajstić information content (AvgIpc) is 2.33. The van der Waals surface area contributed by atoms with E-state index in [4.69, 9.17) is 11.6 Å². The normalized spacial score (nSPS) is 12.1. The molecular formula is C10H9ClF2O4. The van der Waals surface area contributed by atoms with Gasteiger partial charge in [-0.25, -0.2) is 9.18 Å². The molecule has 94 valence electrons. The van der Waals surface area contributed by atoms with E-state index < -0.39 is 34.5 Å². The van der Waals surface area contributed by atoms with Crippen LogP contribution in [0.1, 0.15) is 11.7 Å². The first-order valence-electron chi connectivity index (χ1n) is 4.41. The van der Waals surface area contributed by atoms with Gasteiger partial charge in [-0.1, -0.05) is 11.6 Å². The molecule has 0 radical (unpaired) electrons. The molecule has 4 nitrogen and oxygen atoms in total. The quantitative estimate of drug-likeness (QED) is 0.670. The first-order chi connectivity index (χ1) is 7.93. The highest BCUT2D eigenvalue weighted by molar-refractivity contribution is 6.30. The molecule has 0 saturated carbocycles. The first-order valence-corrected chi connectivity index (χ1v) is 4.79. The Morgan fingerprint density at radius 1 is 1.41 bits per heavy atom. The highest BCUT2D eigenvalue weighted by Crippen LogP contribution is 2.34. The fourth-order valence-electron chi connectivity index (χ4n) is 1.25. The van der Waals surface area contributed by atoms with Crippen LogP contribution < -0.4 is 4.74 Å². The summed E-state index contributed by atoms with van der Waals surface area (Å²) in [6.07, 6.45) is -1.80. The lowest BCUT2D eigenvalue weighted by Gasteiger charge is -2.14. The van der Waals surface area contributed by atoms with Crippen LogP contribution in [0.15, 0.2) is 6.07 Å². The van der Waals surface area contributed by atoms with Crippen LogP contribution in [0.25, 0.3) is 0 Å². The Balaban J connectivity index is 3.37. The number of esters is 1. The number of hydrogen-bond acceptors (Lipinski definition) is 4. The van der Waals surface area contributed by atoms with Crippen molar-refractivity contribution in [2.45, 2.75) is 6.10 Å². The largest absolute Gasteiger partial charge is 0.493 e. The SMILES string of the molecule is COC(=O)C(O)c1cc(Cl)c(F)c(F)c1OC. The van der Waals surface area contributed by atoms with E-state index in [9.17, 15) is 18.7 Å². The van der Waals surface area contributed by atoms with Crippen LogP contribution in [0.3, 0.4) is 0 Å². The van der Waals surface area contributed by atoms with Gasteiger partial charge in [0.2, 0.25) is 5.82 Å². The van der Waals surface area contributed by atoms with Crippen molar-refractivity contribution < 1.29 is 28.2 Å². The van der Waals surface area contributed by atoms with Crippen LogP contribution in [0, 0.1) is 11.6 Å². The molecule has 7 heteroatoms. The number of carbonyl (C=O) groups excluding carboxylic acids is 1. The topological polar surface area (TPSA) is 55.8 Å². The molecule has 0 saturated heterocycles. The number of aliphatic hydroxyl groups excluding tert-OH is 1. The molecular weight excluding hydrogens is 258 g/mol. The average molecular weight is 267 g/mol. The Morgan fingerprint density at radius 2 is 2.00 bits per heavy atom. The first kappa shape index (κ1) is 13.7. The van der Waals surface area contributed by atoms with Crippen molar-refractivity contribution in [3.63, 3.8) is 0 Å². The summed E-state index contributed by atoms with van der Waals surface area (Å²) in [5.74, 6) is -4.32. The Hall–Kier alpha value is -1.40. The fraction of sp³-hybridized carbons (Fsp3) is 0.300. The van der Waals surface area contributed by atoms with E-state index in [0.717, 1.165) is 20.3 Å². The minimum Gasteiger partial charge on any atom is -0.493 e. The van der Waals surface area contributed by atoms with E-state index >= 15 is 0 Å². The summed E-state index contributed by atoms with van der Waals surface area (Å²) in [5, 5.41) is 8.97. The summed E-state index contributed by atoms with van der Waals surface area (Å²) in [5.41, 5.74) is -0.303. The molecule has 1 N–H and O–H groups in total. The predicted molar refractivity (Wildman–Crippen MR) is 54.9 cm³/mol. The second kappa shape index (κ2) is 5.29. The second-order valence-corrected chi connectivity index (χ2v) is 3.44. The Kier molecular flexibility index (Phi) is 4.25. The summed E-state index contributed by atoms with van der Waals surface area (Å²) < 4.78 is 35.4. The molecule has 0 bridgehead atoms. The Labute approximate surface area is 101 Å². The minimum atomic E-state index is -1.80. The van der Waals surface area contributed by atoms with Crippen LogP contribution in [0.5, 0.6) is 5.75 Å². The van der Waals surface area contributed by atoms with Crippen molar-refractivity contribution in [1.82, 2.24) is 0 Å². The van der Waals surface area contributed by atoms with Gasteiger partial charge in [0.1, 0.15) is 0 Å². The number of aliphatic hydroxyl groups is 1. The maximum Gasteiger partial charge on any atom is 0.339 e. The third kappa shape index (κ3) is 2.48. The third-order valence-corrected chi connectivity index (χ3v) is 2.34. The number of carbonyl (C=O) groups is 1. The maximum atomic E-state index is 13.4. The minimum absolute atomic E-state index is 0.303. The van der Waals surface area contributed by atoms with Crippen molar-refractivity contribution >= 4 is 17.6 Å². The van der Waals surface area contributed by atoms with E-state index in [2.05, 4.69) is 9.47 Å². The summed E-state index contributed by atoms with van der Waals surface area (Å²) in [6.45, 7) is 0. The zero-order chi connectivity index (χ0) is 13.2. The molecule has 0 fully saturated rings. The number of methoxy groups -OCH3 is 2. The van der Waals surface area contributed by atoms with Gasteiger partial charge in [0, 0.05) is 5.56 Å². The van der Waals surface area contributed by atoms with Crippen molar-refractivity contribution in [3.05, 3.63) is 28.3 Å². The monoisotopic (exact) mass is 266 g/mol. The molecule has 0 heterocycles. The molecule has 0 aliphatic rings. The van der Waals surface area contributed by atoms with E-state index in [1.165, 1.54) is 0 Å². The van der Waals surface area contributed by atoms with Crippen LogP contribution in [0.2, 0.25) is 5.02 Å². The van der Waals surface area contributed by atoms with E-state index in [-0.39, 0.29) is 5.56 Å². The standard InChI is InChI=1S/C10H9ClF2O4/c1-16-9-4(8(14)10(15)17-2)3-5(11)6(12)7(9)13/h3,8,14H,1-2H3. The summed E-state index contributed by atoms with van der Waals surface area (Å²) in [6, 6.07) is 0.903. The number of rotatable bonds is 3.